The normalized spacial score (nSPS) is 14.8. The lowest BCUT2D eigenvalue weighted by Crippen LogP contribution is -2.28. The molecule has 2 N–H and O–H groups in total. The highest BCUT2D eigenvalue weighted by Gasteiger charge is 2.08. The molecule has 2 atom stereocenters. The SMILES string of the molecule is CC(=CC(=O)NCC(C)CC(C)O)c1ccccc1F. The van der Waals surface area contributed by atoms with E-state index in [0.717, 1.165) is 0 Å². The molecule has 2 unspecified atom stereocenters. The first-order valence-corrected chi connectivity index (χ1v) is 6.79. The summed E-state index contributed by atoms with van der Waals surface area (Å²) >= 11 is 0. The maximum atomic E-state index is 13.5. The van der Waals surface area contributed by atoms with Crippen molar-refractivity contribution < 1.29 is 14.3 Å². The van der Waals surface area contributed by atoms with E-state index < -0.39 is 0 Å². The molecule has 1 amide bonds. The molecular weight excluding hydrogens is 257 g/mol. The maximum Gasteiger partial charge on any atom is 0.244 e. The predicted octanol–water partition coefficient (Wildman–Crippen LogP) is 2.75. The number of carbonyl (C=O) groups is 1. The summed E-state index contributed by atoms with van der Waals surface area (Å²) in [5, 5.41) is 12.0. The molecule has 0 aliphatic rings. The second-order valence-corrected chi connectivity index (χ2v) is 5.24. The van der Waals surface area contributed by atoms with E-state index in [4.69, 9.17) is 0 Å². The number of hydrogen-bond donors (Lipinski definition) is 2. The number of hydrogen-bond acceptors (Lipinski definition) is 2. The van der Waals surface area contributed by atoms with Gasteiger partial charge in [-0.2, -0.15) is 0 Å². The van der Waals surface area contributed by atoms with Crippen molar-refractivity contribution in [3.63, 3.8) is 0 Å². The molecule has 0 heterocycles. The number of halogens is 1. The average Bonchev–Trinajstić information content (AvgIpc) is 2.36. The van der Waals surface area contributed by atoms with E-state index in [-0.39, 0.29) is 23.7 Å². The molecule has 0 fully saturated rings. The maximum absolute atomic E-state index is 13.5. The largest absolute Gasteiger partial charge is 0.393 e. The lowest BCUT2D eigenvalue weighted by atomic mass is 10.0. The summed E-state index contributed by atoms with van der Waals surface area (Å²) in [7, 11) is 0. The zero-order valence-corrected chi connectivity index (χ0v) is 12.2. The lowest BCUT2D eigenvalue weighted by Gasteiger charge is -2.13. The summed E-state index contributed by atoms with van der Waals surface area (Å²) in [6.45, 7) is 5.88. The van der Waals surface area contributed by atoms with Crippen LogP contribution < -0.4 is 5.32 Å². The summed E-state index contributed by atoms with van der Waals surface area (Å²) in [6, 6.07) is 6.36. The van der Waals surface area contributed by atoms with E-state index in [0.29, 0.717) is 24.1 Å². The molecule has 0 spiro atoms. The molecule has 3 nitrogen and oxygen atoms in total. The van der Waals surface area contributed by atoms with Crippen molar-refractivity contribution in [1.82, 2.24) is 5.32 Å². The fraction of sp³-hybridized carbons (Fsp3) is 0.438. The number of allylic oxidation sites excluding steroid dienone is 1. The first kappa shape index (κ1) is 16.4. The van der Waals surface area contributed by atoms with Gasteiger partial charge in [-0.3, -0.25) is 4.79 Å². The lowest BCUT2D eigenvalue weighted by molar-refractivity contribution is -0.116. The van der Waals surface area contributed by atoms with Crippen LogP contribution in [0.2, 0.25) is 0 Å². The van der Waals surface area contributed by atoms with E-state index in [1.54, 1.807) is 32.0 Å². The van der Waals surface area contributed by atoms with E-state index in [1.165, 1.54) is 12.1 Å². The Morgan fingerprint density at radius 2 is 2.05 bits per heavy atom. The van der Waals surface area contributed by atoms with Gasteiger partial charge in [0.15, 0.2) is 0 Å². The molecule has 4 heteroatoms. The Morgan fingerprint density at radius 3 is 2.65 bits per heavy atom. The number of nitrogens with one attached hydrogen (secondary N) is 1. The third-order valence-corrected chi connectivity index (χ3v) is 3.01. The van der Waals surface area contributed by atoms with E-state index in [9.17, 15) is 14.3 Å². The topological polar surface area (TPSA) is 49.3 Å². The first-order chi connectivity index (χ1) is 9.40. The van der Waals surface area contributed by atoms with Crippen molar-refractivity contribution in [3.05, 3.63) is 41.7 Å². The van der Waals surface area contributed by atoms with Gasteiger partial charge in [0.1, 0.15) is 5.82 Å². The van der Waals surface area contributed by atoms with Gasteiger partial charge in [0.25, 0.3) is 0 Å². The monoisotopic (exact) mass is 279 g/mol. The van der Waals surface area contributed by atoms with E-state index >= 15 is 0 Å². The minimum atomic E-state index is -0.377. The Labute approximate surface area is 119 Å². The molecule has 0 bridgehead atoms. The van der Waals surface area contributed by atoms with Crippen LogP contribution in [0.25, 0.3) is 5.57 Å². The molecule has 0 aliphatic heterocycles. The first-order valence-electron chi connectivity index (χ1n) is 6.79. The quantitative estimate of drug-likeness (QED) is 0.787. The zero-order chi connectivity index (χ0) is 15.1. The minimum absolute atomic E-state index is 0.195. The molecule has 0 saturated carbocycles. The van der Waals surface area contributed by atoms with Crippen LogP contribution in [-0.2, 0) is 4.79 Å². The molecular formula is C16H22FNO2. The van der Waals surface area contributed by atoms with Crippen LogP contribution in [-0.4, -0.2) is 23.7 Å². The molecule has 1 aromatic rings. The zero-order valence-electron chi connectivity index (χ0n) is 12.2. The van der Waals surface area contributed by atoms with Crippen molar-refractivity contribution >= 4 is 11.5 Å². The van der Waals surface area contributed by atoms with Gasteiger partial charge < -0.3 is 10.4 Å². The Hall–Kier alpha value is -1.68. The fourth-order valence-corrected chi connectivity index (χ4v) is 2.05. The van der Waals surface area contributed by atoms with E-state index in [1.807, 2.05) is 6.92 Å². The van der Waals surface area contributed by atoms with Crippen LogP contribution in [0.1, 0.15) is 32.8 Å². The molecule has 110 valence electrons. The molecule has 1 rings (SSSR count). The highest BCUT2D eigenvalue weighted by Crippen LogP contribution is 2.16. The smallest absolute Gasteiger partial charge is 0.244 e. The van der Waals surface area contributed by atoms with Gasteiger partial charge in [-0.05, 0) is 37.8 Å². The van der Waals surface area contributed by atoms with Gasteiger partial charge >= 0.3 is 0 Å². The highest BCUT2D eigenvalue weighted by atomic mass is 19.1. The molecule has 1 aromatic carbocycles. The van der Waals surface area contributed by atoms with Gasteiger partial charge in [-0.1, -0.05) is 25.1 Å². The van der Waals surface area contributed by atoms with Gasteiger partial charge in [-0.25, -0.2) is 4.39 Å². The molecule has 0 aliphatic carbocycles. The minimum Gasteiger partial charge on any atom is -0.393 e. The van der Waals surface area contributed by atoms with Crippen molar-refractivity contribution in [2.75, 3.05) is 6.54 Å². The number of aliphatic hydroxyl groups is 1. The summed E-state index contributed by atoms with van der Waals surface area (Å²) in [6.07, 6.45) is 1.65. The van der Waals surface area contributed by atoms with Crippen LogP contribution in [0.5, 0.6) is 0 Å². The van der Waals surface area contributed by atoms with Gasteiger partial charge in [0.05, 0.1) is 6.10 Å². The molecule has 20 heavy (non-hydrogen) atoms. The Balaban J connectivity index is 2.57. The molecule has 0 aromatic heterocycles. The fourth-order valence-electron chi connectivity index (χ4n) is 2.05. The number of aliphatic hydroxyl groups excluding tert-OH is 1. The second-order valence-electron chi connectivity index (χ2n) is 5.24. The predicted molar refractivity (Wildman–Crippen MR) is 78.5 cm³/mol. The second kappa shape index (κ2) is 7.80. The summed E-state index contributed by atoms with van der Waals surface area (Å²) in [5.41, 5.74) is 1.02. The third kappa shape index (κ3) is 5.53. The van der Waals surface area contributed by atoms with Crippen molar-refractivity contribution in [2.45, 2.75) is 33.3 Å². The molecule has 0 saturated heterocycles. The number of carbonyl (C=O) groups excluding carboxylic acids is 1. The van der Waals surface area contributed by atoms with Gasteiger partial charge in [-0.15, -0.1) is 0 Å². The number of amides is 1. The summed E-state index contributed by atoms with van der Waals surface area (Å²) < 4.78 is 13.5. The van der Waals surface area contributed by atoms with Crippen LogP contribution in [0, 0.1) is 11.7 Å². The Bertz CT molecular complexity index is 483. The van der Waals surface area contributed by atoms with E-state index in [2.05, 4.69) is 5.32 Å². The van der Waals surface area contributed by atoms with Crippen LogP contribution in [0.3, 0.4) is 0 Å². The number of benzene rings is 1. The highest BCUT2D eigenvalue weighted by molar-refractivity contribution is 5.94. The molecule has 0 radical (unpaired) electrons. The standard InChI is InChI=1S/C16H22FNO2/c1-11(8-13(3)19)10-18-16(20)9-12(2)14-6-4-5-7-15(14)17/h4-7,9,11,13,19H,8,10H2,1-3H3,(H,18,20). The van der Waals surface area contributed by atoms with Crippen molar-refractivity contribution in [3.8, 4) is 0 Å². The van der Waals surface area contributed by atoms with Crippen molar-refractivity contribution in [2.24, 2.45) is 5.92 Å². The van der Waals surface area contributed by atoms with Gasteiger partial charge in [0.2, 0.25) is 5.91 Å². The Morgan fingerprint density at radius 1 is 1.40 bits per heavy atom. The summed E-state index contributed by atoms with van der Waals surface area (Å²) in [5.74, 6) is -0.388. The van der Waals surface area contributed by atoms with Crippen LogP contribution in [0.4, 0.5) is 4.39 Å². The van der Waals surface area contributed by atoms with Crippen LogP contribution >= 0.6 is 0 Å². The average molecular weight is 279 g/mol. The summed E-state index contributed by atoms with van der Waals surface area (Å²) in [4.78, 5) is 11.8. The van der Waals surface area contributed by atoms with Crippen molar-refractivity contribution in [1.29, 1.82) is 0 Å². The third-order valence-electron chi connectivity index (χ3n) is 3.01. The Kier molecular flexibility index (Phi) is 6.39. The van der Waals surface area contributed by atoms with Crippen LogP contribution in [0.15, 0.2) is 30.3 Å². The van der Waals surface area contributed by atoms with Gasteiger partial charge in [0, 0.05) is 18.2 Å². The number of rotatable bonds is 6.